The second-order valence-corrected chi connectivity index (χ2v) is 8.43. The number of rotatable bonds is 6. The van der Waals surface area contributed by atoms with Gasteiger partial charge in [0.2, 0.25) is 5.91 Å². The maximum absolute atomic E-state index is 13.3. The average molecular weight is 426 g/mol. The summed E-state index contributed by atoms with van der Waals surface area (Å²) >= 11 is 0. The molecule has 0 bridgehead atoms. The van der Waals surface area contributed by atoms with Crippen molar-refractivity contribution in [3.63, 3.8) is 0 Å². The van der Waals surface area contributed by atoms with Crippen molar-refractivity contribution in [2.24, 2.45) is 5.92 Å². The molecule has 2 aromatic rings. The number of amides is 1. The Morgan fingerprint density at radius 1 is 1.03 bits per heavy atom. The lowest BCUT2D eigenvalue weighted by atomic mass is 9.81. The molecule has 0 saturated carbocycles. The maximum atomic E-state index is 13.3. The zero-order valence-corrected chi connectivity index (χ0v) is 18.7. The molecule has 7 heteroatoms. The van der Waals surface area contributed by atoms with Crippen LogP contribution in [0.4, 0.5) is 0 Å². The van der Waals surface area contributed by atoms with Gasteiger partial charge in [0, 0.05) is 18.0 Å². The summed E-state index contributed by atoms with van der Waals surface area (Å²) in [6, 6.07) is 8.95. The van der Waals surface area contributed by atoms with Crippen LogP contribution in [0.15, 0.2) is 30.3 Å². The van der Waals surface area contributed by atoms with Gasteiger partial charge in [-0.2, -0.15) is 0 Å². The van der Waals surface area contributed by atoms with Crippen LogP contribution >= 0.6 is 0 Å². The van der Waals surface area contributed by atoms with Crippen LogP contribution in [-0.2, 0) is 4.79 Å². The number of phenols is 1. The summed E-state index contributed by atoms with van der Waals surface area (Å²) in [6.07, 6.45) is 0.863. The highest BCUT2D eigenvalue weighted by atomic mass is 16.5. The molecule has 0 aliphatic carbocycles. The third-order valence-electron chi connectivity index (χ3n) is 6.45. The van der Waals surface area contributed by atoms with Gasteiger partial charge >= 0.3 is 0 Å². The van der Waals surface area contributed by atoms with Gasteiger partial charge in [-0.05, 0) is 55.2 Å². The van der Waals surface area contributed by atoms with Crippen LogP contribution in [0, 0.1) is 19.8 Å². The second-order valence-electron chi connectivity index (χ2n) is 8.43. The zero-order valence-electron chi connectivity index (χ0n) is 18.7. The predicted molar refractivity (Wildman–Crippen MR) is 118 cm³/mol. The minimum absolute atomic E-state index is 0.0749. The number of fused-ring (bicyclic) bond motifs is 1. The van der Waals surface area contributed by atoms with Crippen LogP contribution in [0.3, 0.4) is 0 Å². The highest BCUT2D eigenvalue weighted by Crippen LogP contribution is 2.50. The quantitative estimate of drug-likeness (QED) is 0.660. The van der Waals surface area contributed by atoms with E-state index in [0.29, 0.717) is 18.0 Å². The van der Waals surface area contributed by atoms with Gasteiger partial charge in [0.15, 0.2) is 11.5 Å². The Morgan fingerprint density at radius 2 is 1.74 bits per heavy atom. The highest BCUT2D eigenvalue weighted by Gasteiger charge is 2.55. The lowest BCUT2D eigenvalue weighted by Gasteiger charge is -2.32. The van der Waals surface area contributed by atoms with E-state index in [-0.39, 0.29) is 35.7 Å². The van der Waals surface area contributed by atoms with Crippen LogP contribution in [0.5, 0.6) is 17.2 Å². The van der Waals surface area contributed by atoms with E-state index in [1.807, 2.05) is 36.9 Å². The molecule has 2 aliphatic rings. The molecule has 2 fully saturated rings. The fraction of sp³-hybridized carbons (Fsp3) is 0.458. The first-order valence-corrected chi connectivity index (χ1v) is 10.7. The molecule has 2 heterocycles. The number of nitrogens with one attached hydrogen (secondary N) is 2. The van der Waals surface area contributed by atoms with E-state index < -0.39 is 0 Å². The molecule has 2 aliphatic heterocycles. The summed E-state index contributed by atoms with van der Waals surface area (Å²) in [6.45, 7) is 6.71. The third kappa shape index (κ3) is 3.51. The summed E-state index contributed by atoms with van der Waals surface area (Å²) in [5.74, 6) is 1.53. The first kappa shape index (κ1) is 21.5. The normalized spacial score (nSPS) is 25.1. The van der Waals surface area contributed by atoms with Crippen molar-refractivity contribution < 1.29 is 19.4 Å². The molecule has 31 heavy (non-hydrogen) atoms. The Hall–Kier alpha value is -2.77. The van der Waals surface area contributed by atoms with Crippen molar-refractivity contribution in [2.75, 3.05) is 20.8 Å². The van der Waals surface area contributed by atoms with Gasteiger partial charge in [-0.25, -0.2) is 10.9 Å². The molecule has 4 unspecified atom stereocenters. The van der Waals surface area contributed by atoms with Crippen molar-refractivity contribution in [3.8, 4) is 17.2 Å². The standard InChI is InChI=1S/C24H31N3O4/c1-6-9-27-23(15-7-8-17(30-4)18(12-15)31-5)20-21(25-26-22(20)24(27)29)19-14(3)10-13(2)11-16(19)28/h7-8,10-12,20-23,25-26,28H,6,9H2,1-5H3. The van der Waals surface area contributed by atoms with E-state index >= 15 is 0 Å². The van der Waals surface area contributed by atoms with E-state index in [1.165, 1.54) is 0 Å². The molecule has 3 N–H and O–H groups in total. The predicted octanol–water partition coefficient (Wildman–Crippen LogP) is 3.15. The van der Waals surface area contributed by atoms with Gasteiger partial charge in [-0.3, -0.25) is 4.79 Å². The van der Waals surface area contributed by atoms with Crippen LogP contribution in [0.25, 0.3) is 0 Å². The molecule has 0 spiro atoms. The van der Waals surface area contributed by atoms with Gasteiger partial charge in [0.25, 0.3) is 0 Å². The van der Waals surface area contributed by atoms with Crippen molar-refractivity contribution in [2.45, 2.75) is 45.3 Å². The van der Waals surface area contributed by atoms with Crippen molar-refractivity contribution in [1.82, 2.24) is 15.8 Å². The molecule has 2 aromatic carbocycles. The summed E-state index contributed by atoms with van der Waals surface area (Å²) in [5, 5.41) is 10.8. The van der Waals surface area contributed by atoms with Crippen LogP contribution in [0.1, 0.15) is 47.7 Å². The van der Waals surface area contributed by atoms with E-state index in [9.17, 15) is 9.90 Å². The number of methoxy groups -OCH3 is 2. The molecular weight excluding hydrogens is 394 g/mol. The Labute approximate surface area is 183 Å². The summed E-state index contributed by atoms with van der Waals surface area (Å²) in [5.41, 5.74) is 10.4. The Balaban J connectivity index is 1.83. The number of benzene rings is 2. The third-order valence-corrected chi connectivity index (χ3v) is 6.45. The number of nitrogens with zero attached hydrogens (tertiary/aromatic N) is 1. The Morgan fingerprint density at radius 3 is 2.39 bits per heavy atom. The van der Waals surface area contributed by atoms with Gasteiger partial charge in [0.05, 0.1) is 26.3 Å². The fourth-order valence-electron chi connectivity index (χ4n) is 5.23. The monoisotopic (exact) mass is 425 g/mol. The van der Waals surface area contributed by atoms with Crippen molar-refractivity contribution >= 4 is 5.91 Å². The smallest absolute Gasteiger partial charge is 0.242 e. The van der Waals surface area contributed by atoms with Crippen LogP contribution < -0.4 is 20.3 Å². The van der Waals surface area contributed by atoms with Crippen LogP contribution in [-0.4, -0.2) is 42.7 Å². The number of ether oxygens (including phenoxy) is 2. The first-order valence-electron chi connectivity index (χ1n) is 10.7. The van der Waals surface area contributed by atoms with Crippen molar-refractivity contribution in [3.05, 3.63) is 52.6 Å². The molecule has 166 valence electrons. The Bertz CT molecular complexity index is 970. The van der Waals surface area contributed by atoms with Crippen molar-refractivity contribution in [1.29, 1.82) is 0 Å². The first-order chi connectivity index (χ1) is 14.9. The number of hydrogen-bond donors (Lipinski definition) is 3. The highest BCUT2D eigenvalue weighted by molar-refractivity contribution is 5.86. The topological polar surface area (TPSA) is 83.1 Å². The zero-order chi connectivity index (χ0) is 22.3. The minimum Gasteiger partial charge on any atom is -0.508 e. The van der Waals surface area contributed by atoms with E-state index in [2.05, 4.69) is 23.8 Å². The van der Waals surface area contributed by atoms with Gasteiger partial charge in [-0.15, -0.1) is 0 Å². The maximum Gasteiger partial charge on any atom is 0.242 e. The SMILES string of the molecule is CCCN1C(=O)C2NNC(c3c(C)cc(C)cc3O)C2C1c1ccc(OC)c(OC)c1. The molecule has 0 aromatic heterocycles. The van der Waals surface area contributed by atoms with Gasteiger partial charge in [-0.1, -0.05) is 19.1 Å². The lowest BCUT2D eigenvalue weighted by Crippen LogP contribution is -2.41. The summed E-state index contributed by atoms with van der Waals surface area (Å²) < 4.78 is 10.9. The van der Waals surface area contributed by atoms with Gasteiger partial charge in [0.1, 0.15) is 11.8 Å². The molecule has 2 saturated heterocycles. The van der Waals surface area contributed by atoms with E-state index in [0.717, 1.165) is 28.7 Å². The summed E-state index contributed by atoms with van der Waals surface area (Å²) in [4.78, 5) is 15.3. The molecule has 0 radical (unpaired) electrons. The van der Waals surface area contributed by atoms with Gasteiger partial charge < -0.3 is 19.5 Å². The number of hydrazine groups is 1. The number of hydrogen-bond acceptors (Lipinski definition) is 6. The average Bonchev–Trinajstić information content (AvgIpc) is 3.27. The minimum atomic E-state index is -0.366. The number of aryl methyl sites for hydroxylation is 2. The summed E-state index contributed by atoms with van der Waals surface area (Å²) in [7, 11) is 3.23. The van der Waals surface area contributed by atoms with E-state index in [4.69, 9.17) is 9.47 Å². The number of carbonyl (C=O) groups excluding carboxylic acids is 1. The fourth-order valence-corrected chi connectivity index (χ4v) is 5.23. The van der Waals surface area contributed by atoms with E-state index in [1.54, 1.807) is 20.3 Å². The number of carbonyl (C=O) groups is 1. The molecule has 7 nitrogen and oxygen atoms in total. The number of likely N-dealkylation sites (tertiary alicyclic amines) is 1. The largest absolute Gasteiger partial charge is 0.508 e. The van der Waals surface area contributed by atoms with Crippen LogP contribution in [0.2, 0.25) is 0 Å². The molecule has 4 atom stereocenters. The number of aromatic hydroxyl groups is 1. The Kier molecular flexibility index (Phi) is 5.81. The molecule has 1 amide bonds. The number of phenolic OH excluding ortho intramolecular Hbond substituents is 1. The second kappa shape index (κ2) is 8.40. The molecule has 4 rings (SSSR count). The lowest BCUT2D eigenvalue weighted by molar-refractivity contribution is -0.130. The molecular formula is C24H31N3O4.